The first-order chi connectivity index (χ1) is 11.7. The Labute approximate surface area is 141 Å². The van der Waals surface area contributed by atoms with E-state index in [2.05, 4.69) is 11.1 Å². The van der Waals surface area contributed by atoms with Gasteiger partial charge in [0.2, 0.25) is 5.71 Å². The molecule has 0 spiro atoms. The van der Waals surface area contributed by atoms with Crippen LogP contribution in [0.4, 0.5) is 4.39 Å². The molecule has 0 aliphatic heterocycles. The minimum atomic E-state index is -0.540. The van der Waals surface area contributed by atoms with Crippen molar-refractivity contribution in [3.05, 3.63) is 71.3 Å². The maximum atomic E-state index is 14.4. The molecule has 6 heteroatoms. The van der Waals surface area contributed by atoms with Crippen LogP contribution in [0, 0.1) is 17.1 Å². The second-order valence-electron chi connectivity index (χ2n) is 5.15. The smallest absolute Gasteiger partial charge is 0.231 e. The third-order valence-corrected chi connectivity index (χ3v) is 4.03. The average molecular weight is 338 g/mol. The lowest BCUT2D eigenvalue weighted by atomic mass is 10.1. The zero-order chi connectivity index (χ0) is 16.7. The van der Waals surface area contributed by atoms with Crippen LogP contribution in [0.25, 0.3) is 28.4 Å². The first-order valence-corrected chi connectivity index (χ1v) is 7.47. The van der Waals surface area contributed by atoms with E-state index in [1.165, 1.54) is 12.3 Å². The Morgan fingerprint density at radius 2 is 1.96 bits per heavy atom. The van der Waals surface area contributed by atoms with Gasteiger partial charge in [0, 0.05) is 17.3 Å². The van der Waals surface area contributed by atoms with Crippen LogP contribution < -0.4 is 0 Å². The summed E-state index contributed by atoms with van der Waals surface area (Å²) in [7, 11) is 0. The van der Waals surface area contributed by atoms with Crippen molar-refractivity contribution in [1.82, 2.24) is 9.38 Å². The molecule has 2 aromatic heterocycles. The Kier molecular flexibility index (Phi) is 3.33. The monoisotopic (exact) mass is 337 g/mol. The number of benzene rings is 2. The molecular formula is C18H9ClFN3O. The molecule has 4 nitrogen and oxygen atoms in total. The molecule has 0 atom stereocenters. The summed E-state index contributed by atoms with van der Waals surface area (Å²) in [4.78, 5) is 4.53. The molecule has 24 heavy (non-hydrogen) atoms. The van der Waals surface area contributed by atoms with Crippen molar-refractivity contribution >= 4 is 17.3 Å². The lowest BCUT2D eigenvalue weighted by molar-refractivity contribution is 0.606. The largest absolute Gasteiger partial charge is 0.444 e. The topological polar surface area (TPSA) is 54.2 Å². The van der Waals surface area contributed by atoms with Crippen molar-refractivity contribution in [2.24, 2.45) is 0 Å². The van der Waals surface area contributed by atoms with E-state index < -0.39 is 5.82 Å². The second-order valence-corrected chi connectivity index (χ2v) is 5.56. The lowest BCUT2D eigenvalue weighted by Gasteiger charge is -2.00. The van der Waals surface area contributed by atoms with Gasteiger partial charge < -0.3 is 4.42 Å². The van der Waals surface area contributed by atoms with Gasteiger partial charge in [-0.1, -0.05) is 17.7 Å². The van der Waals surface area contributed by atoms with E-state index in [0.717, 1.165) is 5.56 Å². The van der Waals surface area contributed by atoms with Crippen molar-refractivity contribution in [2.75, 3.05) is 0 Å². The minimum Gasteiger partial charge on any atom is -0.444 e. The number of hydrogen-bond acceptors (Lipinski definition) is 3. The molecule has 0 fully saturated rings. The fraction of sp³-hybridized carbons (Fsp3) is 0. The van der Waals surface area contributed by atoms with Crippen LogP contribution in [0.15, 0.2) is 59.3 Å². The van der Waals surface area contributed by atoms with Gasteiger partial charge in [-0.05, 0) is 36.4 Å². The number of nitriles is 1. The predicted octanol–water partition coefficient (Wildman–Crippen LogP) is 4.93. The summed E-state index contributed by atoms with van der Waals surface area (Å²) in [5.74, 6) is 0.0551. The Bertz CT molecular complexity index is 1090. The fourth-order valence-electron chi connectivity index (χ4n) is 2.58. The Morgan fingerprint density at radius 3 is 2.71 bits per heavy atom. The number of halogens is 2. The highest BCUT2D eigenvalue weighted by atomic mass is 35.5. The maximum Gasteiger partial charge on any atom is 0.231 e. The highest BCUT2D eigenvalue weighted by Crippen LogP contribution is 2.33. The molecule has 4 aromatic rings. The standard InChI is InChI=1S/C18H9ClFN3O/c19-14-3-1-2-13(15(14)20)16-18-23(8-9-24-18)17(22-16)12-6-4-11(10-21)5-7-12/h1-9H. The number of oxazole rings is 1. The zero-order valence-corrected chi connectivity index (χ0v) is 13.0. The Morgan fingerprint density at radius 1 is 1.17 bits per heavy atom. The molecule has 116 valence electrons. The normalized spacial score (nSPS) is 10.9. The van der Waals surface area contributed by atoms with Gasteiger partial charge in [0.05, 0.1) is 16.7 Å². The molecule has 0 saturated carbocycles. The summed E-state index contributed by atoms with van der Waals surface area (Å²) in [5.41, 5.74) is 2.42. The van der Waals surface area contributed by atoms with Crippen molar-refractivity contribution < 1.29 is 8.81 Å². The molecule has 0 bridgehead atoms. The second kappa shape index (κ2) is 5.52. The van der Waals surface area contributed by atoms with Crippen molar-refractivity contribution in [2.45, 2.75) is 0 Å². The van der Waals surface area contributed by atoms with Gasteiger partial charge in [-0.3, -0.25) is 4.40 Å². The first kappa shape index (κ1) is 14.5. The van der Waals surface area contributed by atoms with Gasteiger partial charge in [-0.15, -0.1) is 0 Å². The molecular weight excluding hydrogens is 329 g/mol. The van der Waals surface area contributed by atoms with Crippen molar-refractivity contribution in [3.8, 4) is 28.7 Å². The van der Waals surface area contributed by atoms with E-state index in [1.54, 1.807) is 47.0 Å². The summed E-state index contributed by atoms with van der Waals surface area (Å²) >= 11 is 5.88. The lowest BCUT2D eigenvalue weighted by Crippen LogP contribution is -1.87. The van der Waals surface area contributed by atoms with Crippen LogP contribution in [0.1, 0.15) is 5.56 Å². The van der Waals surface area contributed by atoms with Crippen LogP contribution in [0.5, 0.6) is 0 Å². The number of aromatic nitrogens is 2. The fourth-order valence-corrected chi connectivity index (χ4v) is 2.76. The quantitative estimate of drug-likeness (QED) is 0.521. The zero-order valence-electron chi connectivity index (χ0n) is 12.2. The molecule has 0 unspecified atom stereocenters. The van der Waals surface area contributed by atoms with Gasteiger partial charge in [0.15, 0.2) is 5.82 Å². The molecule has 0 aliphatic carbocycles. The molecule has 2 aromatic carbocycles. The van der Waals surface area contributed by atoms with Crippen LogP contribution >= 0.6 is 11.6 Å². The number of rotatable bonds is 2. The van der Waals surface area contributed by atoms with Gasteiger partial charge in [-0.2, -0.15) is 5.26 Å². The van der Waals surface area contributed by atoms with Crippen molar-refractivity contribution in [3.63, 3.8) is 0 Å². The summed E-state index contributed by atoms with van der Waals surface area (Å²) in [6.07, 6.45) is 3.22. The summed E-state index contributed by atoms with van der Waals surface area (Å²) < 4.78 is 21.6. The van der Waals surface area contributed by atoms with Gasteiger partial charge in [0.25, 0.3) is 0 Å². The Hall–Kier alpha value is -3.10. The third kappa shape index (κ3) is 2.16. The van der Waals surface area contributed by atoms with Crippen LogP contribution in [-0.4, -0.2) is 9.38 Å². The van der Waals surface area contributed by atoms with Crippen LogP contribution in [0.2, 0.25) is 5.02 Å². The van der Waals surface area contributed by atoms with E-state index in [1.807, 2.05) is 0 Å². The maximum absolute atomic E-state index is 14.4. The molecule has 4 rings (SSSR count). The molecule has 0 saturated heterocycles. The molecule has 0 amide bonds. The minimum absolute atomic E-state index is 0.0279. The molecule has 0 aliphatic rings. The summed E-state index contributed by atoms with van der Waals surface area (Å²) in [6.45, 7) is 0. The van der Waals surface area contributed by atoms with Gasteiger partial charge in [-0.25, -0.2) is 9.37 Å². The van der Waals surface area contributed by atoms with E-state index in [-0.39, 0.29) is 10.6 Å². The molecule has 0 N–H and O–H groups in total. The van der Waals surface area contributed by atoms with Gasteiger partial charge in [0.1, 0.15) is 17.8 Å². The average Bonchev–Trinajstić information content (AvgIpc) is 3.20. The predicted molar refractivity (Wildman–Crippen MR) is 88.0 cm³/mol. The SMILES string of the molecule is N#Cc1ccc(-c2nc(-c3cccc(Cl)c3F)c3occn23)cc1. The van der Waals surface area contributed by atoms with Crippen molar-refractivity contribution in [1.29, 1.82) is 5.26 Å². The van der Waals surface area contributed by atoms with E-state index >= 15 is 0 Å². The highest BCUT2D eigenvalue weighted by molar-refractivity contribution is 6.31. The van der Waals surface area contributed by atoms with Crippen LogP contribution in [-0.2, 0) is 0 Å². The summed E-state index contributed by atoms with van der Waals surface area (Å²) in [5, 5.41) is 8.93. The third-order valence-electron chi connectivity index (χ3n) is 3.74. The first-order valence-electron chi connectivity index (χ1n) is 7.09. The molecule has 0 radical (unpaired) electrons. The van der Waals surface area contributed by atoms with E-state index in [4.69, 9.17) is 21.3 Å². The summed E-state index contributed by atoms with van der Waals surface area (Å²) in [6, 6.07) is 13.8. The van der Waals surface area contributed by atoms with Gasteiger partial charge >= 0.3 is 0 Å². The number of nitrogens with zero attached hydrogens (tertiary/aromatic N) is 3. The van der Waals surface area contributed by atoms with E-state index in [0.29, 0.717) is 22.8 Å². The number of hydrogen-bond donors (Lipinski definition) is 0. The Balaban J connectivity index is 1.95. The number of fused-ring (bicyclic) bond motifs is 1. The number of imidazole rings is 1. The molecule has 2 heterocycles. The van der Waals surface area contributed by atoms with Crippen LogP contribution in [0.3, 0.4) is 0 Å². The highest BCUT2D eigenvalue weighted by Gasteiger charge is 2.20. The van der Waals surface area contributed by atoms with E-state index in [9.17, 15) is 4.39 Å².